The van der Waals surface area contributed by atoms with Crippen molar-refractivity contribution in [2.75, 3.05) is 25.0 Å². The zero-order valence-corrected chi connectivity index (χ0v) is 9.09. The molecule has 0 aliphatic carbocycles. The van der Waals surface area contributed by atoms with E-state index in [1.165, 1.54) is 12.3 Å². The van der Waals surface area contributed by atoms with Gasteiger partial charge in [0.05, 0.1) is 4.92 Å². The Hall–Kier alpha value is -1.69. The minimum Gasteiger partial charge on any atom is -0.355 e. The maximum Gasteiger partial charge on any atom is 0.287 e. The first kappa shape index (κ1) is 10.8. The highest BCUT2D eigenvalue weighted by atomic mass is 16.6. The number of hydrogen-bond donors (Lipinski definition) is 1. The normalized spacial score (nSPS) is 19.7. The van der Waals surface area contributed by atoms with Gasteiger partial charge in [0.25, 0.3) is 5.69 Å². The van der Waals surface area contributed by atoms with Crippen LogP contribution in [0.2, 0.25) is 0 Å². The van der Waals surface area contributed by atoms with Crippen molar-refractivity contribution in [3.05, 3.63) is 28.4 Å². The predicted octanol–water partition coefficient (Wildman–Crippen LogP) is 0.788. The summed E-state index contributed by atoms with van der Waals surface area (Å²) < 4.78 is 0. The molecule has 0 amide bonds. The van der Waals surface area contributed by atoms with Crippen LogP contribution >= 0.6 is 0 Å². The molecule has 1 aromatic heterocycles. The average Bonchev–Trinajstić information content (AvgIpc) is 2.81. The second-order valence-corrected chi connectivity index (χ2v) is 3.89. The Bertz CT molecular complexity index is 373. The molecule has 86 valence electrons. The lowest BCUT2D eigenvalue weighted by atomic mass is 10.2. The minimum absolute atomic E-state index is 0.0293. The molecular formula is C10H14N4O2. The molecule has 1 aromatic rings. The summed E-state index contributed by atoms with van der Waals surface area (Å²) in [5.74, 6) is 0.777. The topological polar surface area (TPSA) is 71.3 Å². The maximum atomic E-state index is 10.5. The maximum absolute atomic E-state index is 10.5. The highest BCUT2D eigenvalue weighted by molar-refractivity contribution is 5.43. The fourth-order valence-electron chi connectivity index (χ4n) is 1.85. The fraction of sp³-hybridized carbons (Fsp3) is 0.500. The van der Waals surface area contributed by atoms with E-state index in [2.05, 4.69) is 15.2 Å². The summed E-state index contributed by atoms with van der Waals surface area (Å²) in [4.78, 5) is 16.2. The Morgan fingerprint density at radius 3 is 2.94 bits per heavy atom. The van der Waals surface area contributed by atoms with Crippen molar-refractivity contribution >= 4 is 11.5 Å². The number of aromatic nitrogens is 1. The van der Waals surface area contributed by atoms with E-state index in [0.29, 0.717) is 6.04 Å². The summed E-state index contributed by atoms with van der Waals surface area (Å²) in [6.45, 7) is 1.96. The van der Waals surface area contributed by atoms with Crippen molar-refractivity contribution in [1.29, 1.82) is 0 Å². The molecule has 0 bridgehead atoms. The van der Waals surface area contributed by atoms with Crippen molar-refractivity contribution < 1.29 is 4.92 Å². The van der Waals surface area contributed by atoms with Crippen molar-refractivity contribution in [1.82, 2.24) is 10.3 Å². The van der Waals surface area contributed by atoms with E-state index in [1.54, 1.807) is 6.07 Å². The molecule has 0 aromatic carbocycles. The molecule has 0 spiro atoms. The molecule has 0 saturated carbocycles. The third kappa shape index (κ3) is 2.11. The second kappa shape index (κ2) is 4.44. The van der Waals surface area contributed by atoms with E-state index in [0.717, 1.165) is 25.3 Å². The molecule has 2 rings (SSSR count). The Morgan fingerprint density at radius 2 is 2.44 bits per heavy atom. The molecule has 1 N–H and O–H groups in total. The summed E-state index contributed by atoms with van der Waals surface area (Å²) in [6.07, 6.45) is 2.38. The molecule has 1 aliphatic heterocycles. The van der Waals surface area contributed by atoms with Gasteiger partial charge in [-0.05, 0) is 19.0 Å². The molecule has 1 atom stereocenters. The van der Waals surface area contributed by atoms with Crippen LogP contribution in [0.3, 0.4) is 0 Å². The highest BCUT2D eigenvalue weighted by Gasteiger charge is 2.20. The minimum atomic E-state index is -0.437. The first-order chi connectivity index (χ1) is 7.68. The lowest BCUT2D eigenvalue weighted by molar-refractivity contribution is -0.385. The number of likely N-dealkylation sites (N-methyl/N-ethyl adjacent to an activating group) is 1. The average molecular weight is 222 g/mol. The van der Waals surface area contributed by atoms with Crippen LogP contribution in [0.5, 0.6) is 0 Å². The standard InChI is InChI=1S/C10H14N4O2/c1-13(8-4-5-11-6-8)10-3-2-9(7-12-10)14(15)16/h2-3,7-8,11H,4-6H2,1H3. The lowest BCUT2D eigenvalue weighted by Gasteiger charge is -2.24. The van der Waals surface area contributed by atoms with Gasteiger partial charge < -0.3 is 10.2 Å². The summed E-state index contributed by atoms with van der Waals surface area (Å²) in [5, 5.41) is 13.8. The number of rotatable bonds is 3. The molecule has 6 heteroatoms. The first-order valence-corrected chi connectivity index (χ1v) is 5.22. The van der Waals surface area contributed by atoms with Gasteiger partial charge in [0.15, 0.2) is 0 Å². The third-order valence-corrected chi connectivity index (χ3v) is 2.89. The molecule has 6 nitrogen and oxygen atoms in total. The number of anilines is 1. The molecule has 16 heavy (non-hydrogen) atoms. The number of nitrogens with zero attached hydrogens (tertiary/aromatic N) is 3. The summed E-state index contributed by atoms with van der Waals surface area (Å²) in [5.41, 5.74) is 0.0293. The van der Waals surface area contributed by atoms with Gasteiger partial charge in [-0.3, -0.25) is 10.1 Å². The molecule has 1 fully saturated rings. The number of hydrogen-bond acceptors (Lipinski definition) is 5. The first-order valence-electron chi connectivity index (χ1n) is 5.22. The van der Waals surface area contributed by atoms with E-state index in [4.69, 9.17) is 0 Å². The Kier molecular flexibility index (Phi) is 3.00. The second-order valence-electron chi connectivity index (χ2n) is 3.89. The lowest BCUT2D eigenvalue weighted by Crippen LogP contribution is -2.33. The Labute approximate surface area is 93.4 Å². The number of nitro groups is 1. The van der Waals surface area contributed by atoms with Gasteiger partial charge in [0.2, 0.25) is 0 Å². The van der Waals surface area contributed by atoms with Crippen LogP contribution in [-0.2, 0) is 0 Å². The van der Waals surface area contributed by atoms with Crippen LogP contribution in [0.4, 0.5) is 11.5 Å². The van der Waals surface area contributed by atoms with Crippen molar-refractivity contribution in [3.63, 3.8) is 0 Å². The van der Waals surface area contributed by atoms with Crippen molar-refractivity contribution in [3.8, 4) is 0 Å². The zero-order valence-electron chi connectivity index (χ0n) is 9.09. The Balaban J connectivity index is 2.11. The summed E-state index contributed by atoms with van der Waals surface area (Å²) in [6, 6.07) is 3.60. The van der Waals surface area contributed by atoms with Crippen LogP contribution in [-0.4, -0.2) is 36.1 Å². The van der Waals surface area contributed by atoms with Gasteiger partial charge in [-0.1, -0.05) is 0 Å². The molecule has 1 aliphatic rings. The Morgan fingerprint density at radius 1 is 1.62 bits per heavy atom. The predicted molar refractivity (Wildman–Crippen MR) is 60.6 cm³/mol. The largest absolute Gasteiger partial charge is 0.355 e. The van der Waals surface area contributed by atoms with Gasteiger partial charge in [-0.15, -0.1) is 0 Å². The molecular weight excluding hydrogens is 208 g/mol. The van der Waals surface area contributed by atoms with Gasteiger partial charge in [-0.25, -0.2) is 4.98 Å². The zero-order chi connectivity index (χ0) is 11.5. The van der Waals surface area contributed by atoms with Gasteiger partial charge in [0, 0.05) is 25.7 Å². The van der Waals surface area contributed by atoms with E-state index < -0.39 is 4.92 Å². The van der Waals surface area contributed by atoms with Gasteiger partial charge >= 0.3 is 0 Å². The fourth-order valence-corrected chi connectivity index (χ4v) is 1.85. The van der Waals surface area contributed by atoms with Crippen LogP contribution in [0.1, 0.15) is 6.42 Å². The smallest absolute Gasteiger partial charge is 0.287 e. The van der Waals surface area contributed by atoms with Gasteiger partial charge in [-0.2, -0.15) is 0 Å². The van der Waals surface area contributed by atoms with E-state index >= 15 is 0 Å². The molecule has 2 heterocycles. The molecule has 1 saturated heterocycles. The summed E-state index contributed by atoms with van der Waals surface area (Å²) in [7, 11) is 1.96. The highest BCUT2D eigenvalue weighted by Crippen LogP contribution is 2.18. The number of nitrogens with one attached hydrogen (secondary N) is 1. The third-order valence-electron chi connectivity index (χ3n) is 2.89. The van der Waals surface area contributed by atoms with E-state index in [9.17, 15) is 10.1 Å². The van der Waals surface area contributed by atoms with E-state index in [1.807, 2.05) is 7.05 Å². The van der Waals surface area contributed by atoms with Crippen LogP contribution in [0.25, 0.3) is 0 Å². The van der Waals surface area contributed by atoms with Crippen LogP contribution in [0.15, 0.2) is 18.3 Å². The molecule has 1 unspecified atom stereocenters. The van der Waals surface area contributed by atoms with E-state index in [-0.39, 0.29) is 5.69 Å². The van der Waals surface area contributed by atoms with Crippen molar-refractivity contribution in [2.45, 2.75) is 12.5 Å². The van der Waals surface area contributed by atoms with Crippen molar-refractivity contribution in [2.24, 2.45) is 0 Å². The van der Waals surface area contributed by atoms with Crippen LogP contribution < -0.4 is 10.2 Å². The van der Waals surface area contributed by atoms with Gasteiger partial charge in [0.1, 0.15) is 12.0 Å². The molecule has 0 radical (unpaired) electrons. The SMILES string of the molecule is CN(c1ccc([N+](=O)[O-])cn1)C1CCNC1. The van der Waals surface area contributed by atoms with Crippen LogP contribution in [0, 0.1) is 10.1 Å². The quantitative estimate of drug-likeness (QED) is 0.604. The monoisotopic (exact) mass is 222 g/mol. The number of pyridine rings is 1. The summed E-state index contributed by atoms with van der Waals surface area (Å²) >= 11 is 0.